The molecule has 0 aliphatic carbocycles. The molecule has 0 radical (unpaired) electrons. The van der Waals surface area contributed by atoms with E-state index < -0.39 is 36.7 Å². The summed E-state index contributed by atoms with van der Waals surface area (Å²) in [5, 5.41) is 9.21. The van der Waals surface area contributed by atoms with Crippen LogP contribution in [0.2, 0.25) is 5.02 Å². The van der Waals surface area contributed by atoms with Crippen molar-refractivity contribution in [1.82, 2.24) is 4.90 Å². The molecule has 1 fully saturated rings. The first-order valence-corrected chi connectivity index (χ1v) is 6.32. The number of carbonyl (C=O) groups is 2. The Bertz CT molecular complexity index is 550. The van der Waals surface area contributed by atoms with Gasteiger partial charge in [-0.25, -0.2) is 8.78 Å². The molecule has 4 nitrogen and oxygen atoms in total. The molecule has 0 saturated carbocycles. The number of carboxylic acids is 1. The molecule has 0 bridgehead atoms. The van der Waals surface area contributed by atoms with Crippen molar-refractivity contribution < 1.29 is 23.5 Å². The Morgan fingerprint density at radius 3 is 2.70 bits per heavy atom. The van der Waals surface area contributed by atoms with Crippen LogP contribution in [0.5, 0.6) is 0 Å². The van der Waals surface area contributed by atoms with Crippen molar-refractivity contribution >= 4 is 23.5 Å². The largest absolute Gasteiger partial charge is 0.481 e. The number of carboxylic acid groups (broad SMARTS) is 1. The van der Waals surface area contributed by atoms with Crippen molar-refractivity contribution in [2.24, 2.45) is 5.92 Å². The van der Waals surface area contributed by atoms with Gasteiger partial charge < -0.3 is 10.0 Å². The number of rotatable bonds is 2. The Kier molecular flexibility index (Phi) is 3.94. The topological polar surface area (TPSA) is 57.6 Å². The smallest absolute Gasteiger partial charge is 0.308 e. The van der Waals surface area contributed by atoms with Gasteiger partial charge in [-0.15, -0.1) is 0 Å². The highest BCUT2D eigenvalue weighted by Crippen LogP contribution is 2.31. The molecule has 1 aromatic carbocycles. The molecule has 1 aliphatic heterocycles. The lowest BCUT2D eigenvalue weighted by molar-refractivity contribution is -0.151. The molecule has 20 heavy (non-hydrogen) atoms. The van der Waals surface area contributed by atoms with Gasteiger partial charge in [-0.2, -0.15) is 0 Å². The molecule has 1 atom stereocenters. The molecule has 1 N–H and O–H groups in total. The predicted octanol–water partition coefficient (Wildman–Crippen LogP) is 2.52. The summed E-state index contributed by atoms with van der Waals surface area (Å²) in [4.78, 5) is 23.9. The number of alkyl halides is 2. The lowest BCUT2D eigenvalue weighted by Crippen LogP contribution is -2.51. The monoisotopic (exact) mass is 303 g/mol. The molecule has 1 amide bonds. The maximum atomic E-state index is 13.5. The van der Waals surface area contributed by atoms with E-state index in [1.165, 1.54) is 18.2 Å². The lowest BCUT2D eigenvalue weighted by atomic mass is 9.94. The van der Waals surface area contributed by atoms with E-state index in [0.29, 0.717) is 5.02 Å². The molecule has 1 aromatic rings. The number of nitrogens with zero attached hydrogens (tertiary/aromatic N) is 1. The third kappa shape index (κ3) is 3.25. The number of benzene rings is 1. The standard InChI is InChI=1S/C13H12ClF2NO3/c14-10-3-1-2-8(4-10)11(18)17-6-9(12(19)20)5-13(15,16)7-17/h1-4,9H,5-7H2,(H,19,20). The molecule has 1 aliphatic rings. The number of amides is 1. The van der Waals surface area contributed by atoms with Crippen LogP contribution in [-0.4, -0.2) is 40.9 Å². The Balaban J connectivity index is 2.22. The summed E-state index contributed by atoms with van der Waals surface area (Å²) in [5.41, 5.74) is 0.166. The molecule has 108 valence electrons. The maximum Gasteiger partial charge on any atom is 0.308 e. The minimum absolute atomic E-state index is 0.166. The van der Waals surface area contributed by atoms with Gasteiger partial charge in [0.1, 0.15) is 0 Å². The van der Waals surface area contributed by atoms with Gasteiger partial charge in [0, 0.05) is 23.6 Å². The lowest BCUT2D eigenvalue weighted by Gasteiger charge is -2.35. The van der Waals surface area contributed by atoms with Crippen LogP contribution >= 0.6 is 11.6 Å². The fraction of sp³-hybridized carbons (Fsp3) is 0.385. The predicted molar refractivity (Wildman–Crippen MR) is 68.0 cm³/mol. The first kappa shape index (κ1) is 14.7. The van der Waals surface area contributed by atoms with Crippen molar-refractivity contribution in [3.8, 4) is 0 Å². The van der Waals surface area contributed by atoms with Gasteiger partial charge in [-0.1, -0.05) is 17.7 Å². The van der Waals surface area contributed by atoms with Crippen molar-refractivity contribution in [3.63, 3.8) is 0 Å². The summed E-state index contributed by atoms with van der Waals surface area (Å²) in [6, 6.07) is 5.92. The summed E-state index contributed by atoms with van der Waals surface area (Å²) in [6.45, 7) is -1.00. The van der Waals surface area contributed by atoms with Crippen molar-refractivity contribution in [3.05, 3.63) is 34.9 Å². The average Bonchev–Trinajstić information content (AvgIpc) is 2.35. The summed E-state index contributed by atoms with van der Waals surface area (Å²) >= 11 is 5.75. The van der Waals surface area contributed by atoms with Gasteiger partial charge >= 0.3 is 5.97 Å². The van der Waals surface area contributed by atoms with Crippen LogP contribution in [0, 0.1) is 5.92 Å². The van der Waals surface area contributed by atoms with Crippen LogP contribution in [0.3, 0.4) is 0 Å². The highest BCUT2D eigenvalue weighted by Gasteiger charge is 2.44. The number of halogens is 3. The molecule has 1 heterocycles. The highest BCUT2D eigenvalue weighted by molar-refractivity contribution is 6.30. The second-order valence-electron chi connectivity index (χ2n) is 4.79. The Morgan fingerprint density at radius 1 is 1.40 bits per heavy atom. The van der Waals surface area contributed by atoms with Crippen LogP contribution < -0.4 is 0 Å². The molecular formula is C13H12ClF2NO3. The molecule has 1 saturated heterocycles. The van der Waals surface area contributed by atoms with E-state index in [1.807, 2.05) is 0 Å². The molecule has 2 rings (SSSR count). The molecule has 0 aromatic heterocycles. The Hall–Kier alpha value is -1.69. The van der Waals surface area contributed by atoms with Gasteiger partial charge in [-0.05, 0) is 18.2 Å². The van der Waals surface area contributed by atoms with Crippen LogP contribution in [0.15, 0.2) is 24.3 Å². The zero-order valence-corrected chi connectivity index (χ0v) is 11.1. The van der Waals surface area contributed by atoms with Crippen molar-refractivity contribution in [2.45, 2.75) is 12.3 Å². The second kappa shape index (κ2) is 5.36. The van der Waals surface area contributed by atoms with E-state index in [-0.39, 0.29) is 12.1 Å². The highest BCUT2D eigenvalue weighted by atomic mass is 35.5. The van der Waals surface area contributed by atoms with E-state index in [0.717, 1.165) is 4.90 Å². The Labute approximate surface area is 118 Å². The van der Waals surface area contributed by atoms with Gasteiger partial charge in [-0.3, -0.25) is 9.59 Å². The fourth-order valence-electron chi connectivity index (χ4n) is 2.22. The molecular weight excluding hydrogens is 292 g/mol. The minimum Gasteiger partial charge on any atom is -0.481 e. The van der Waals surface area contributed by atoms with E-state index in [1.54, 1.807) is 6.07 Å². The number of likely N-dealkylation sites (tertiary alicyclic amines) is 1. The summed E-state index contributed by atoms with van der Waals surface area (Å²) < 4.78 is 27.1. The Morgan fingerprint density at radius 2 is 2.10 bits per heavy atom. The minimum atomic E-state index is -3.20. The summed E-state index contributed by atoms with van der Waals surface area (Å²) in [7, 11) is 0. The van der Waals surface area contributed by atoms with Crippen LogP contribution in [0.1, 0.15) is 16.8 Å². The fourth-order valence-corrected chi connectivity index (χ4v) is 2.41. The third-order valence-electron chi connectivity index (χ3n) is 3.12. The quantitative estimate of drug-likeness (QED) is 0.913. The summed E-state index contributed by atoms with van der Waals surface area (Å²) in [6.07, 6.45) is -0.748. The third-order valence-corrected chi connectivity index (χ3v) is 3.35. The van der Waals surface area contributed by atoms with Crippen LogP contribution in [-0.2, 0) is 4.79 Å². The van der Waals surface area contributed by atoms with E-state index in [2.05, 4.69) is 0 Å². The van der Waals surface area contributed by atoms with Gasteiger partial charge in [0.25, 0.3) is 11.8 Å². The molecule has 1 unspecified atom stereocenters. The van der Waals surface area contributed by atoms with Crippen molar-refractivity contribution in [2.75, 3.05) is 13.1 Å². The molecule has 0 spiro atoms. The zero-order chi connectivity index (χ0) is 14.9. The first-order chi connectivity index (χ1) is 9.28. The maximum absolute atomic E-state index is 13.5. The van der Waals surface area contributed by atoms with E-state index in [4.69, 9.17) is 16.7 Å². The van der Waals surface area contributed by atoms with Crippen LogP contribution in [0.25, 0.3) is 0 Å². The summed E-state index contributed by atoms with van der Waals surface area (Å²) in [5.74, 6) is -6.43. The van der Waals surface area contributed by atoms with Crippen LogP contribution in [0.4, 0.5) is 8.78 Å². The van der Waals surface area contributed by atoms with Gasteiger partial charge in [0.15, 0.2) is 0 Å². The number of hydrogen-bond donors (Lipinski definition) is 1. The van der Waals surface area contributed by atoms with Gasteiger partial charge in [0.2, 0.25) is 0 Å². The first-order valence-electron chi connectivity index (χ1n) is 5.94. The van der Waals surface area contributed by atoms with Crippen molar-refractivity contribution in [1.29, 1.82) is 0 Å². The normalized spacial score (nSPS) is 21.6. The number of piperidine rings is 1. The second-order valence-corrected chi connectivity index (χ2v) is 5.23. The molecule has 7 heteroatoms. The average molecular weight is 304 g/mol. The van der Waals surface area contributed by atoms with E-state index >= 15 is 0 Å². The zero-order valence-electron chi connectivity index (χ0n) is 10.4. The number of aliphatic carboxylic acids is 1. The SMILES string of the molecule is O=C(O)C1CN(C(=O)c2cccc(Cl)c2)CC(F)(F)C1. The van der Waals surface area contributed by atoms with Gasteiger partial charge in [0.05, 0.1) is 12.5 Å². The van der Waals surface area contributed by atoms with E-state index in [9.17, 15) is 18.4 Å². The number of carbonyl (C=O) groups excluding carboxylic acids is 1. The number of hydrogen-bond acceptors (Lipinski definition) is 2.